The normalized spacial score (nSPS) is 38.5. The molecule has 0 unspecified atom stereocenters. The van der Waals surface area contributed by atoms with Crippen molar-refractivity contribution in [1.29, 1.82) is 0 Å². The summed E-state index contributed by atoms with van der Waals surface area (Å²) in [6, 6.07) is 3.33. The van der Waals surface area contributed by atoms with Gasteiger partial charge in [0.15, 0.2) is 0 Å². The van der Waals surface area contributed by atoms with Crippen LogP contribution in [0.15, 0.2) is 0 Å². The third kappa shape index (κ3) is 7.81. The maximum Gasteiger partial charge on any atom is 0.213 e. The van der Waals surface area contributed by atoms with Crippen molar-refractivity contribution in [2.45, 2.75) is 215 Å². The van der Waals surface area contributed by atoms with E-state index in [0.717, 1.165) is 63.2 Å². The van der Waals surface area contributed by atoms with E-state index in [0.29, 0.717) is 36.3 Å². The third-order valence-corrected chi connectivity index (χ3v) is 13.8. The number of hydrogen-bond acceptors (Lipinski definition) is 6. The summed E-state index contributed by atoms with van der Waals surface area (Å²) in [7, 11) is 0. The van der Waals surface area contributed by atoms with E-state index in [1.165, 1.54) is 116 Å². The molecular weight excluding hydrogens is 552 g/mol. The first-order valence-corrected chi connectivity index (χ1v) is 19.3. The molecule has 0 N–H and O–H groups in total. The molecule has 6 aliphatic carbocycles. The van der Waals surface area contributed by atoms with Gasteiger partial charge in [0.1, 0.15) is 0 Å². The predicted molar refractivity (Wildman–Crippen MR) is 175 cm³/mol. The molecule has 6 aliphatic rings. The highest BCUT2D eigenvalue weighted by Crippen LogP contribution is 2.44. The van der Waals surface area contributed by atoms with Crippen molar-refractivity contribution in [2.75, 3.05) is 0 Å². The lowest BCUT2D eigenvalue weighted by Crippen LogP contribution is -2.54. The second kappa shape index (κ2) is 15.5. The van der Waals surface area contributed by atoms with E-state index >= 15 is 0 Å². The number of rotatable bonds is 9. The molecule has 0 atom stereocenters. The molecule has 0 bridgehead atoms. The molecule has 250 valence electrons. The van der Waals surface area contributed by atoms with Crippen molar-refractivity contribution in [3.8, 4) is 0 Å². The summed E-state index contributed by atoms with van der Waals surface area (Å²) in [6.45, 7) is 0. The molecule has 0 aromatic carbocycles. The summed E-state index contributed by atoms with van der Waals surface area (Å²) < 4.78 is 0. The molecule has 6 rings (SSSR count). The minimum atomic E-state index is -0.310. The summed E-state index contributed by atoms with van der Waals surface area (Å²) in [4.78, 5) is 28.8. The van der Waals surface area contributed by atoms with E-state index in [9.17, 15) is 20.2 Å². The highest BCUT2D eigenvalue weighted by molar-refractivity contribution is 4.95. The quantitative estimate of drug-likeness (QED) is 0.191. The van der Waals surface area contributed by atoms with Gasteiger partial charge in [-0.25, -0.2) is 0 Å². The van der Waals surface area contributed by atoms with Crippen molar-refractivity contribution >= 4 is 0 Å². The second-order valence-electron chi connectivity index (χ2n) is 16.1. The van der Waals surface area contributed by atoms with Crippen LogP contribution < -0.4 is 0 Å². The molecule has 0 amide bonds. The molecule has 6 fully saturated rings. The summed E-state index contributed by atoms with van der Waals surface area (Å²) in [5.41, 5.74) is 0. The Labute approximate surface area is 266 Å². The predicted octanol–water partition coefficient (Wildman–Crippen LogP) is 8.55. The van der Waals surface area contributed by atoms with Gasteiger partial charge in [-0.1, -0.05) is 38.5 Å². The molecular formula is C36H62N4O4. The Morgan fingerprint density at radius 2 is 0.591 bits per heavy atom. The minimum absolute atomic E-state index is 0.0176. The Balaban J connectivity index is 1.03. The molecule has 0 aliphatic heterocycles. The standard InChI is InChI=1S/C36H62N4O4/c41-39(42)35-23-19-33(20-24-35)37(29-7-3-1-4-8-29)31-15-11-27(12-16-31)28-13-17-32(18-14-28)38(30-9-5-2-6-10-30)34-21-25-36(26-22-34)40(43)44/h27-36H,1-26H2. The Kier molecular flexibility index (Phi) is 11.5. The molecule has 0 saturated heterocycles. The summed E-state index contributed by atoms with van der Waals surface area (Å²) in [5, 5.41) is 22.9. The fraction of sp³-hybridized carbons (Fsp3) is 1.00. The lowest BCUT2D eigenvalue weighted by atomic mass is 9.70. The van der Waals surface area contributed by atoms with Gasteiger partial charge in [-0.15, -0.1) is 0 Å². The maximum atomic E-state index is 11.4. The summed E-state index contributed by atoms with van der Waals surface area (Å²) in [5.74, 6) is 1.76. The van der Waals surface area contributed by atoms with Gasteiger partial charge >= 0.3 is 0 Å². The minimum Gasteiger partial charge on any atom is -0.294 e. The van der Waals surface area contributed by atoms with Crippen molar-refractivity contribution in [3.63, 3.8) is 0 Å². The third-order valence-electron chi connectivity index (χ3n) is 13.8. The van der Waals surface area contributed by atoms with Crippen LogP contribution >= 0.6 is 0 Å². The Bertz CT molecular complexity index is 831. The van der Waals surface area contributed by atoms with Crippen LogP contribution in [0.2, 0.25) is 0 Å². The molecule has 0 aromatic rings. The fourth-order valence-corrected chi connectivity index (χ4v) is 11.4. The van der Waals surface area contributed by atoms with Gasteiger partial charge in [-0.3, -0.25) is 30.0 Å². The first kappa shape index (κ1) is 32.7. The summed E-state index contributed by atoms with van der Waals surface area (Å²) >= 11 is 0. The van der Waals surface area contributed by atoms with Crippen LogP contribution in [-0.2, 0) is 0 Å². The van der Waals surface area contributed by atoms with Gasteiger partial charge in [0.05, 0.1) is 0 Å². The van der Waals surface area contributed by atoms with E-state index in [-0.39, 0.29) is 21.9 Å². The van der Waals surface area contributed by atoms with Crippen molar-refractivity contribution < 1.29 is 9.85 Å². The largest absolute Gasteiger partial charge is 0.294 e. The molecule has 8 heteroatoms. The highest BCUT2D eigenvalue weighted by atomic mass is 16.6. The second-order valence-corrected chi connectivity index (χ2v) is 16.1. The Morgan fingerprint density at radius 1 is 0.341 bits per heavy atom. The number of nitro groups is 2. The first-order valence-electron chi connectivity index (χ1n) is 19.3. The first-order chi connectivity index (χ1) is 21.5. The lowest BCUT2D eigenvalue weighted by molar-refractivity contribution is -0.527. The Hall–Kier alpha value is -1.28. The lowest BCUT2D eigenvalue weighted by Gasteiger charge is -2.50. The average Bonchev–Trinajstić information content (AvgIpc) is 3.07. The molecule has 0 heterocycles. The zero-order valence-corrected chi connectivity index (χ0v) is 27.6. The van der Waals surface area contributed by atoms with Crippen LogP contribution in [0.3, 0.4) is 0 Å². The molecule has 8 nitrogen and oxygen atoms in total. The highest BCUT2D eigenvalue weighted by Gasteiger charge is 2.42. The molecule has 44 heavy (non-hydrogen) atoms. The molecule has 0 radical (unpaired) electrons. The Morgan fingerprint density at radius 3 is 0.864 bits per heavy atom. The molecule has 6 saturated carbocycles. The van der Waals surface area contributed by atoms with Gasteiger partial charge in [-0.05, 0) is 115 Å². The van der Waals surface area contributed by atoms with Crippen LogP contribution in [0.5, 0.6) is 0 Å². The van der Waals surface area contributed by atoms with Crippen LogP contribution in [0.4, 0.5) is 0 Å². The smallest absolute Gasteiger partial charge is 0.213 e. The monoisotopic (exact) mass is 614 g/mol. The van der Waals surface area contributed by atoms with E-state index in [1.54, 1.807) is 0 Å². The average molecular weight is 615 g/mol. The van der Waals surface area contributed by atoms with Gasteiger partial charge in [-0.2, -0.15) is 0 Å². The summed E-state index contributed by atoms with van der Waals surface area (Å²) in [6.07, 6.45) is 31.6. The SMILES string of the molecule is O=[N+]([O-])C1CCC(N(C2CCCCC2)C2CCC(C3CCC(N(C4CCCCC4)C4CCC([N+](=O)[O-])CC4)CC3)CC2)CC1. The van der Waals surface area contributed by atoms with E-state index in [1.807, 2.05) is 0 Å². The zero-order valence-electron chi connectivity index (χ0n) is 27.6. The molecule has 0 aromatic heterocycles. The van der Waals surface area contributed by atoms with E-state index < -0.39 is 0 Å². The van der Waals surface area contributed by atoms with Gasteiger partial charge < -0.3 is 0 Å². The van der Waals surface area contributed by atoms with E-state index in [4.69, 9.17) is 0 Å². The van der Waals surface area contributed by atoms with Crippen molar-refractivity contribution in [2.24, 2.45) is 11.8 Å². The number of nitrogens with zero attached hydrogens (tertiary/aromatic N) is 4. The zero-order chi connectivity index (χ0) is 30.5. The van der Waals surface area contributed by atoms with E-state index in [2.05, 4.69) is 9.80 Å². The van der Waals surface area contributed by atoms with Gasteiger partial charge in [0, 0.05) is 71.8 Å². The van der Waals surface area contributed by atoms with Gasteiger partial charge in [0.2, 0.25) is 12.1 Å². The van der Waals surface area contributed by atoms with Crippen molar-refractivity contribution in [3.05, 3.63) is 20.2 Å². The van der Waals surface area contributed by atoms with Crippen LogP contribution in [0.25, 0.3) is 0 Å². The topological polar surface area (TPSA) is 92.8 Å². The van der Waals surface area contributed by atoms with Crippen LogP contribution in [0, 0.1) is 32.1 Å². The fourth-order valence-electron chi connectivity index (χ4n) is 11.4. The maximum absolute atomic E-state index is 11.4. The number of hydrogen-bond donors (Lipinski definition) is 0. The molecule has 0 spiro atoms. The van der Waals surface area contributed by atoms with Crippen LogP contribution in [0.1, 0.15) is 167 Å². The van der Waals surface area contributed by atoms with Crippen LogP contribution in [-0.4, -0.2) is 68.0 Å². The van der Waals surface area contributed by atoms with Gasteiger partial charge in [0.25, 0.3) is 0 Å². The van der Waals surface area contributed by atoms with Crippen molar-refractivity contribution in [1.82, 2.24) is 9.80 Å².